The Kier molecular flexibility index (Phi) is 7.19. The smallest absolute Gasteiger partial charge is 0.309 e. The third-order valence-electron chi connectivity index (χ3n) is 1.19. The van der Waals surface area contributed by atoms with Gasteiger partial charge in [-0.1, -0.05) is 0 Å². The van der Waals surface area contributed by atoms with Gasteiger partial charge in [0.2, 0.25) is 0 Å². The molecule has 2 unspecified atom stereocenters. The van der Waals surface area contributed by atoms with Crippen molar-refractivity contribution in [1.29, 1.82) is 0 Å². The second-order valence-corrected chi connectivity index (χ2v) is 6.21. The monoisotopic (exact) mass is 194 g/mol. The zero-order valence-electron chi connectivity index (χ0n) is 7.79. The zero-order chi connectivity index (χ0) is 8.69. The van der Waals surface area contributed by atoms with Gasteiger partial charge in [0.15, 0.2) is 0 Å². The maximum absolute atomic E-state index is 5.56. The highest BCUT2D eigenvalue weighted by molar-refractivity contribution is 6.57. The molecule has 0 aromatic carbocycles. The molecule has 0 rings (SSSR count). The van der Waals surface area contributed by atoms with E-state index in [1.807, 2.05) is 26.9 Å². The summed E-state index contributed by atoms with van der Waals surface area (Å²) in [6, 6.07) is 0. The average Bonchev–Trinajstić information content (AvgIpc) is 1.87. The van der Waals surface area contributed by atoms with Crippen LogP contribution in [0.3, 0.4) is 0 Å². The van der Waals surface area contributed by atoms with E-state index < -0.39 is 18.6 Å². The minimum atomic E-state index is -1.35. The maximum atomic E-state index is 5.56. The van der Waals surface area contributed by atoms with Gasteiger partial charge in [0.25, 0.3) is 0 Å². The van der Waals surface area contributed by atoms with E-state index in [1.165, 1.54) is 0 Å². The van der Waals surface area contributed by atoms with Crippen LogP contribution < -0.4 is 0 Å². The van der Waals surface area contributed by atoms with Crippen LogP contribution in [0, 0.1) is 0 Å². The van der Waals surface area contributed by atoms with E-state index in [0.29, 0.717) is 0 Å². The summed E-state index contributed by atoms with van der Waals surface area (Å²) in [5.41, 5.74) is 0. The first-order valence-electron chi connectivity index (χ1n) is 4.09. The highest BCUT2D eigenvalue weighted by atomic mass is 28.4. The van der Waals surface area contributed by atoms with E-state index in [2.05, 4.69) is 0 Å². The summed E-state index contributed by atoms with van der Waals surface area (Å²) in [6.07, 6.45) is 0. The molecule has 0 aliphatic carbocycles. The number of rotatable bonds is 6. The van der Waals surface area contributed by atoms with E-state index in [-0.39, 0.29) is 0 Å². The highest BCUT2D eigenvalue weighted by Gasteiger charge is 2.11. The molecule has 0 N–H and O–H groups in total. The molecular weight excluding hydrogens is 176 g/mol. The number of hydrogen-bond acceptors (Lipinski definition) is 3. The molecule has 5 heteroatoms. The fourth-order valence-electron chi connectivity index (χ4n) is 0.818. The molecule has 0 fully saturated rings. The van der Waals surface area contributed by atoms with Crippen LogP contribution in [0.4, 0.5) is 0 Å². The van der Waals surface area contributed by atoms with E-state index in [0.717, 1.165) is 13.2 Å². The van der Waals surface area contributed by atoms with Crippen molar-refractivity contribution < 1.29 is 13.0 Å². The van der Waals surface area contributed by atoms with Gasteiger partial charge in [0.05, 0.1) is 0 Å². The van der Waals surface area contributed by atoms with Crippen molar-refractivity contribution in [2.75, 3.05) is 13.2 Å². The van der Waals surface area contributed by atoms with Gasteiger partial charge in [0, 0.05) is 13.2 Å². The normalized spacial score (nSPS) is 16.4. The third kappa shape index (κ3) is 6.70. The van der Waals surface area contributed by atoms with Crippen molar-refractivity contribution in [2.45, 2.75) is 26.9 Å². The second-order valence-electron chi connectivity index (χ2n) is 2.18. The first-order chi connectivity index (χ1) is 5.20. The Bertz CT molecular complexity index is 81.9. The van der Waals surface area contributed by atoms with Gasteiger partial charge in [-0.15, -0.1) is 0 Å². The molecule has 0 aromatic rings. The lowest BCUT2D eigenvalue weighted by atomic mass is 10.9. The lowest BCUT2D eigenvalue weighted by Crippen LogP contribution is -2.29. The Hall–Kier alpha value is 0.314. The van der Waals surface area contributed by atoms with Gasteiger partial charge < -0.3 is 13.0 Å². The van der Waals surface area contributed by atoms with Crippen LogP contribution in [0.25, 0.3) is 0 Å². The number of hydrogen-bond donors (Lipinski definition) is 0. The van der Waals surface area contributed by atoms with Gasteiger partial charge in [0.1, 0.15) is 0 Å². The first kappa shape index (κ1) is 11.3. The van der Waals surface area contributed by atoms with Crippen molar-refractivity contribution >= 4 is 18.6 Å². The SMILES string of the molecule is CCO[SiH](C)O[SiH](C)OCC. The van der Waals surface area contributed by atoms with Crippen molar-refractivity contribution in [3.05, 3.63) is 0 Å². The summed E-state index contributed by atoms with van der Waals surface area (Å²) in [5, 5.41) is 0. The molecule has 68 valence electrons. The van der Waals surface area contributed by atoms with E-state index in [9.17, 15) is 0 Å². The van der Waals surface area contributed by atoms with Gasteiger partial charge in [-0.25, -0.2) is 0 Å². The molecule has 2 atom stereocenters. The minimum absolute atomic E-state index is 0.751. The standard InChI is InChI=1S/C6H18O3Si2/c1-5-7-10(3)9-11(4)8-6-2/h10-11H,5-6H2,1-4H3. The van der Waals surface area contributed by atoms with Crippen LogP contribution >= 0.6 is 0 Å². The van der Waals surface area contributed by atoms with Crippen LogP contribution in [0.2, 0.25) is 13.1 Å². The lowest BCUT2D eigenvalue weighted by Gasteiger charge is -2.16. The fourth-order valence-corrected chi connectivity index (χ4v) is 4.54. The Morgan fingerprint density at radius 3 is 1.55 bits per heavy atom. The molecule has 0 aliphatic rings. The largest absolute Gasteiger partial charge is 0.419 e. The van der Waals surface area contributed by atoms with Crippen molar-refractivity contribution in [1.82, 2.24) is 0 Å². The third-order valence-corrected chi connectivity index (χ3v) is 5.86. The van der Waals surface area contributed by atoms with Gasteiger partial charge in [-0.2, -0.15) is 0 Å². The molecule has 0 saturated heterocycles. The van der Waals surface area contributed by atoms with Crippen LogP contribution in [0.5, 0.6) is 0 Å². The van der Waals surface area contributed by atoms with E-state index in [4.69, 9.17) is 13.0 Å². The van der Waals surface area contributed by atoms with Crippen molar-refractivity contribution in [3.63, 3.8) is 0 Å². The van der Waals surface area contributed by atoms with Crippen LogP contribution in [-0.2, 0) is 13.0 Å². The second kappa shape index (κ2) is 6.99. The van der Waals surface area contributed by atoms with Crippen LogP contribution in [0.1, 0.15) is 13.8 Å². The molecule has 0 aromatic heterocycles. The predicted octanol–water partition coefficient (Wildman–Crippen LogP) is 0.777. The zero-order valence-corrected chi connectivity index (χ0v) is 10.1. The maximum Gasteiger partial charge on any atom is 0.309 e. The van der Waals surface area contributed by atoms with E-state index >= 15 is 0 Å². The molecule has 0 amide bonds. The molecule has 0 aliphatic heterocycles. The van der Waals surface area contributed by atoms with Crippen LogP contribution in [0.15, 0.2) is 0 Å². The molecule has 0 bridgehead atoms. The Morgan fingerprint density at radius 2 is 1.27 bits per heavy atom. The summed E-state index contributed by atoms with van der Waals surface area (Å²) in [5.74, 6) is 0. The first-order valence-corrected chi connectivity index (χ1v) is 8.28. The summed E-state index contributed by atoms with van der Waals surface area (Å²) < 4.78 is 16.2. The quantitative estimate of drug-likeness (QED) is 0.585. The molecular formula is C6H18O3Si2. The summed E-state index contributed by atoms with van der Waals surface area (Å²) >= 11 is 0. The predicted molar refractivity (Wildman–Crippen MR) is 50.4 cm³/mol. The molecule has 0 saturated carbocycles. The Morgan fingerprint density at radius 1 is 0.909 bits per heavy atom. The fraction of sp³-hybridized carbons (Fsp3) is 1.00. The molecule has 0 radical (unpaired) electrons. The Labute approximate surface area is 72.4 Å². The lowest BCUT2D eigenvalue weighted by molar-refractivity contribution is 0.240. The molecule has 0 spiro atoms. The summed E-state index contributed by atoms with van der Waals surface area (Å²) in [6.45, 7) is 9.54. The highest BCUT2D eigenvalue weighted by Crippen LogP contribution is 1.94. The van der Waals surface area contributed by atoms with Crippen LogP contribution in [-0.4, -0.2) is 31.8 Å². The van der Waals surface area contributed by atoms with Crippen molar-refractivity contribution in [3.8, 4) is 0 Å². The van der Waals surface area contributed by atoms with Gasteiger partial charge in [-0.3, -0.25) is 0 Å². The topological polar surface area (TPSA) is 27.7 Å². The minimum Gasteiger partial charge on any atom is -0.419 e. The molecule has 0 heterocycles. The van der Waals surface area contributed by atoms with Gasteiger partial charge >= 0.3 is 18.6 Å². The summed E-state index contributed by atoms with van der Waals surface area (Å²) in [4.78, 5) is 0. The van der Waals surface area contributed by atoms with Gasteiger partial charge in [-0.05, 0) is 26.9 Å². The van der Waals surface area contributed by atoms with Crippen molar-refractivity contribution in [2.24, 2.45) is 0 Å². The molecule has 11 heavy (non-hydrogen) atoms. The average molecular weight is 194 g/mol. The van der Waals surface area contributed by atoms with E-state index in [1.54, 1.807) is 0 Å². The molecule has 3 nitrogen and oxygen atoms in total. The Balaban J connectivity index is 3.32. The summed E-state index contributed by atoms with van der Waals surface area (Å²) in [7, 11) is -2.71.